The van der Waals surface area contributed by atoms with Gasteiger partial charge < -0.3 is 0 Å². The van der Waals surface area contributed by atoms with Gasteiger partial charge in [-0.05, 0) is 48.4 Å². The Labute approximate surface area is 149 Å². The van der Waals surface area contributed by atoms with Gasteiger partial charge in [0.1, 0.15) is 0 Å². The summed E-state index contributed by atoms with van der Waals surface area (Å²) in [4.78, 5) is -0.0744. The predicted molar refractivity (Wildman–Crippen MR) is 92.5 cm³/mol. The van der Waals surface area contributed by atoms with E-state index in [0.717, 1.165) is 0 Å². The van der Waals surface area contributed by atoms with Crippen LogP contribution in [0.3, 0.4) is 0 Å². The highest BCUT2D eigenvalue weighted by molar-refractivity contribution is 7.92. The molecular weight excluding hydrogens is 395 g/mol. The normalized spacial score (nSPS) is 14.7. The fourth-order valence-electron chi connectivity index (χ4n) is 2.58. The fourth-order valence-corrected chi connectivity index (χ4v) is 5.37. The van der Waals surface area contributed by atoms with Crippen molar-refractivity contribution in [2.45, 2.75) is 16.2 Å². The van der Waals surface area contributed by atoms with Gasteiger partial charge in [-0.15, -0.1) is 0 Å². The number of primary sulfonamides is 1. The standard InChI is InChI=1S/C14H12Cl2N2O4S2/c15-10-6-11(16)8-13(7-10)24(21,22)18-4-3-9-5-12(23(17,19)20)1-2-14(9)18/h1-2,5-8H,3-4H2,(H2,17,19,20). The molecule has 2 aromatic carbocycles. The molecule has 1 aliphatic heterocycles. The summed E-state index contributed by atoms with van der Waals surface area (Å²) in [6.07, 6.45) is 0.381. The first-order chi connectivity index (χ1) is 11.1. The number of hydrogen-bond donors (Lipinski definition) is 1. The second kappa shape index (κ2) is 5.89. The van der Waals surface area contributed by atoms with Crippen molar-refractivity contribution in [1.82, 2.24) is 0 Å². The highest BCUT2D eigenvalue weighted by Crippen LogP contribution is 2.35. The predicted octanol–water partition coefficient (Wildman–Crippen LogP) is 2.39. The third-order valence-electron chi connectivity index (χ3n) is 3.66. The number of nitrogens with two attached hydrogens (primary N) is 1. The lowest BCUT2D eigenvalue weighted by Gasteiger charge is -2.20. The third-order valence-corrected chi connectivity index (χ3v) is 6.79. The van der Waals surface area contributed by atoms with Crippen LogP contribution in [-0.2, 0) is 26.5 Å². The van der Waals surface area contributed by atoms with E-state index in [0.29, 0.717) is 17.7 Å². The van der Waals surface area contributed by atoms with E-state index < -0.39 is 20.0 Å². The quantitative estimate of drug-likeness (QED) is 0.845. The Balaban J connectivity index is 2.07. The summed E-state index contributed by atoms with van der Waals surface area (Å²) in [6.45, 7) is 0.190. The molecular formula is C14H12Cl2N2O4S2. The fraction of sp³-hybridized carbons (Fsp3) is 0.143. The second-order valence-corrected chi connectivity index (χ2v) is 9.56. The Morgan fingerprint density at radius 1 is 0.917 bits per heavy atom. The molecule has 0 radical (unpaired) electrons. The Kier molecular flexibility index (Phi) is 4.29. The molecule has 2 N–H and O–H groups in total. The number of fused-ring (bicyclic) bond motifs is 1. The van der Waals surface area contributed by atoms with Gasteiger partial charge in [0.25, 0.3) is 10.0 Å². The first-order valence-corrected chi connectivity index (χ1v) is 10.5. The molecule has 0 saturated heterocycles. The van der Waals surface area contributed by atoms with Crippen molar-refractivity contribution >= 4 is 48.9 Å². The summed E-state index contributed by atoms with van der Waals surface area (Å²) in [5, 5.41) is 5.53. The van der Waals surface area contributed by atoms with E-state index in [2.05, 4.69) is 0 Å². The van der Waals surface area contributed by atoms with Crippen molar-refractivity contribution < 1.29 is 16.8 Å². The summed E-state index contributed by atoms with van der Waals surface area (Å²) in [6, 6.07) is 8.20. The summed E-state index contributed by atoms with van der Waals surface area (Å²) < 4.78 is 49.8. The van der Waals surface area contributed by atoms with Gasteiger partial charge in [0.2, 0.25) is 10.0 Å². The Morgan fingerprint density at radius 3 is 2.12 bits per heavy atom. The lowest BCUT2D eigenvalue weighted by molar-refractivity contribution is 0.592. The van der Waals surface area contributed by atoms with Gasteiger partial charge in [-0.1, -0.05) is 23.2 Å². The van der Waals surface area contributed by atoms with Crippen molar-refractivity contribution in [3.05, 3.63) is 52.0 Å². The van der Waals surface area contributed by atoms with Gasteiger partial charge in [-0.25, -0.2) is 22.0 Å². The number of nitrogens with zero attached hydrogens (tertiary/aromatic N) is 1. The summed E-state index contributed by atoms with van der Waals surface area (Å²) in [7, 11) is -7.71. The molecule has 0 spiro atoms. The maximum atomic E-state index is 12.8. The van der Waals surface area contributed by atoms with Crippen LogP contribution in [-0.4, -0.2) is 23.4 Å². The van der Waals surface area contributed by atoms with Gasteiger partial charge in [-0.2, -0.15) is 0 Å². The summed E-state index contributed by atoms with van der Waals surface area (Å²) >= 11 is 11.8. The van der Waals surface area contributed by atoms with Gasteiger partial charge in [0, 0.05) is 16.6 Å². The van der Waals surface area contributed by atoms with E-state index in [1.165, 1.54) is 40.7 Å². The largest absolute Gasteiger partial charge is 0.266 e. The Bertz CT molecular complexity index is 1020. The lowest BCUT2D eigenvalue weighted by Crippen LogP contribution is -2.29. The zero-order valence-electron chi connectivity index (χ0n) is 12.1. The van der Waals surface area contributed by atoms with Gasteiger partial charge in [-0.3, -0.25) is 4.31 Å². The molecule has 24 heavy (non-hydrogen) atoms. The zero-order valence-corrected chi connectivity index (χ0v) is 15.3. The van der Waals surface area contributed by atoms with Gasteiger partial charge in [0.05, 0.1) is 15.5 Å². The molecule has 0 aliphatic carbocycles. The van der Waals surface area contributed by atoms with Crippen molar-refractivity contribution in [3.8, 4) is 0 Å². The van der Waals surface area contributed by atoms with Crippen LogP contribution in [0.2, 0.25) is 10.0 Å². The molecule has 6 nitrogen and oxygen atoms in total. The highest BCUT2D eigenvalue weighted by atomic mass is 35.5. The molecule has 3 rings (SSSR count). The van der Waals surface area contributed by atoms with E-state index in [9.17, 15) is 16.8 Å². The van der Waals surface area contributed by atoms with Gasteiger partial charge >= 0.3 is 0 Å². The van der Waals surface area contributed by atoms with Gasteiger partial charge in [0.15, 0.2) is 0 Å². The van der Waals surface area contributed by atoms with Crippen molar-refractivity contribution in [3.63, 3.8) is 0 Å². The van der Waals surface area contributed by atoms with Crippen LogP contribution in [0.15, 0.2) is 46.2 Å². The highest BCUT2D eigenvalue weighted by Gasteiger charge is 2.32. The van der Waals surface area contributed by atoms with Crippen LogP contribution in [0.5, 0.6) is 0 Å². The molecule has 0 saturated carbocycles. The molecule has 10 heteroatoms. The maximum absolute atomic E-state index is 12.8. The minimum Gasteiger partial charge on any atom is -0.266 e. The average Bonchev–Trinajstić information content (AvgIpc) is 2.88. The summed E-state index contributed by atoms with van der Waals surface area (Å²) in [5.74, 6) is 0. The van der Waals surface area contributed by atoms with E-state index >= 15 is 0 Å². The molecule has 1 aliphatic rings. The zero-order chi connectivity index (χ0) is 17.7. The first kappa shape index (κ1) is 17.5. The third kappa shape index (κ3) is 3.12. The van der Waals surface area contributed by atoms with Crippen LogP contribution < -0.4 is 9.44 Å². The van der Waals surface area contributed by atoms with E-state index in [1.54, 1.807) is 0 Å². The monoisotopic (exact) mass is 406 g/mol. The van der Waals surface area contributed by atoms with Crippen LogP contribution >= 0.6 is 23.2 Å². The molecule has 0 atom stereocenters. The molecule has 0 unspecified atom stereocenters. The Hall–Kier alpha value is -1.32. The number of rotatable bonds is 3. The number of benzene rings is 2. The molecule has 0 amide bonds. The SMILES string of the molecule is NS(=O)(=O)c1ccc2c(c1)CCN2S(=O)(=O)c1cc(Cl)cc(Cl)c1. The molecule has 1 heterocycles. The molecule has 2 aromatic rings. The molecule has 128 valence electrons. The number of halogens is 2. The van der Waals surface area contributed by atoms with E-state index in [4.69, 9.17) is 28.3 Å². The minimum atomic E-state index is -3.86. The van der Waals surface area contributed by atoms with E-state index in [-0.39, 0.29) is 26.4 Å². The van der Waals surface area contributed by atoms with Crippen LogP contribution in [0.4, 0.5) is 5.69 Å². The van der Waals surface area contributed by atoms with Crippen molar-refractivity contribution in [2.75, 3.05) is 10.8 Å². The molecule has 0 bridgehead atoms. The smallest absolute Gasteiger partial charge is 0.264 e. The van der Waals surface area contributed by atoms with Crippen molar-refractivity contribution in [1.29, 1.82) is 0 Å². The van der Waals surface area contributed by atoms with Crippen molar-refractivity contribution in [2.24, 2.45) is 5.14 Å². The minimum absolute atomic E-state index is 0.0247. The lowest BCUT2D eigenvalue weighted by atomic mass is 10.2. The van der Waals surface area contributed by atoms with E-state index in [1.807, 2.05) is 0 Å². The molecule has 0 fully saturated rings. The topological polar surface area (TPSA) is 97.5 Å². The number of anilines is 1. The maximum Gasteiger partial charge on any atom is 0.264 e. The number of sulfonamides is 2. The average molecular weight is 407 g/mol. The van der Waals surface area contributed by atoms with Crippen LogP contribution in [0.1, 0.15) is 5.56 Å². The molecule has 0 aromatic heterocycles. The van der Waals surface area contributed by atoms with Crippen LogP contribution in [0.25, 0.3) is 0 Å². The number of hydrogen-bond acceptors (Lipinski definition) is 4. The Morgan fingerprint density at radius 2 is 1.54 bits per heavy atom. The summed E-state index contributed by atoms with van der Waals surface area (Å²) in [5.41, 5.74) is 1.01. The second-order valence-electron chi connectivity index (χ2n) is 5.27. The van der Waals surface area contributed by atoms with Crippen LogP contribution in [0, 0.1) is 0 Å². The first-order valence-electron chi connectivity index (χ1n) is 6.73.